The smallest absolute Gasteiger partial charge is 0.276 e. The van der Waals surface area contributed by atoms with E-state index in [-0.39, 0.29) is 18.6 Å². The van der Waals surface area contributed by atoms with Crippen LogP contribution in [0.3, 0.4) is 0 Å². The molecular formula is C21H20Cl2N2O3S. The van der Waals surface area contributed by atoms with Crippen LogP contribution in [0.1, 0.15) is 43.6 Å². The number of amides is 1. The third kappa shape index (κ3) is 4.60. The molecule has 2 heterocycles. The molecule has 1 aliphatic heterocycles. The summed E-state index contributed by atoms with van der Waals surface area (Å²) in [6.45, 7) is 0.231. The van der Waals surface area contributed by atoms with E-state index in [4.69, 9.17) is 44.6 Å². The van der Waals surface area contributed by atoms with Gasteiger partial charge in [0.1, 0.15) is 29.6 Å². The van der Waals surface area contributed by atoms with Crippen molar-refractivity contribution in [3.05, 3.63) is 57.6 Å². The fraction of sp³-hybridized carbons (Fsp3) is 0.333. The molecule has 0 atom stereocenters. The van der Waals surface area contributed by atoms with Gasteiger partial charge in [-0.3, -0.25) is 9.69 Å². The molecule has 2 aromatic rings. The minimum Gasteiger partial charge on any atom is -0.486 e. The quantitative estimate of drug-likeness (QED) is 0.477. The normalized spacial score (nSPS) is 19.1. The molecule has 1 saturated carbocycles. The van der Waals surface area contributed by atoms with Crippen LogP contribution in [-0.4, -0.2) is 22.0 Å². The first-order valence-electron chi connectivity index (χ1n) is 9.54. The van der Waals surface area contributed by atoms with E-state index in [9.17, 15) is 4.79 Å². The number of thiocarbonyl (C=S) groups is 1. The van der Waals surface area contributed by atoms with E-state index in [1.165, 1.54) is 6.42 Å². The topological polar surface area (TPSA) is 54.7 Å². The van der Waals surface area contributed by atoms with Crippen molar-refractivity contribution in [2.24, 2.45) is 0 Å². The molecule has 0 unspecified atom stereocenters. The third-order valence-corrected chi connectivity index (χ3v) is 6.13. The van der Waals surface area contributed by atoms with Gasteiger partial charge in [-0.25, -0.2) is 0 Å². The molecule has 4 rings (SSSR count). The van der Waals surface area contributed by atoms with Gasteiger partial charge in [-0.2, -0.15) is 0 Å². The molecule has 1 aromatic heterocycles. The molecule has 1 amide bonds. The van der Waals surface area contributed by atoms with E-state index in [1.54, 1.807) is 41.3 Å². The van der Waals surface area contributed by atoms with Crippen molar-refractivity contribution in [3.63, 3.8) is 0 Å². The molecule has 5 nitrogen and oxygen atoms in total. The highest BCUT2D eigenvalue weighted by molar-refractivity contribution is 7.80. The molecule has 2 aliphatic rings. The van der Waals surface area contributed by atoms with Gasteiger partial charge < -0.3 is 14.5 Å². The Morgan fingerprint density at radius 3 is 2.72 bits per heavy atom. The van der Waals surface area contributed by atoms with Crippen LogP contribution in [0.5, 0.6) is 5.75 Å². The van der Waals surface area contributed by atoms with Crippen LogP contribution >= 0.6 is 35.4 Å². The average Bonchev–Trinajstić information content (AvgIpc) is 3.27. The van der Waals surface area contributed by atoms with Crippen LogP contribution < -0.4 is 10.1 Å². The van der Waals surface area contributed by atoms with Crippen LogP contribution in [0.2, 0.25) is 10.0 Å². The van der Waals surface area contributed by atoms with Gasteiger partial charge >= 0.3 is 0 Å². The lowest BCUT2D eigenvalue weighted by Gasteiger charge is -2.29. The van der Waals surface area contributed by atoms with Crippen LogP contribution in [0, 0.1) is 0 Å². The highest BCUT2D eigenvalue weighted by Gasteiger charge is 2.36. The summed E-state index contributed by atoms with van der Waals surface area (Å²) in [4.78, 5) is 14.5. The first-order valence-corrected chi connectivity index (χ1v) is 10.7. The van der Waals surface area contributed by atoms with Crippen molar-refractivity contribution in [2.45, 2.75) is 44.8 Å². The van der Waals surface area contributed by atoms with E-state index in [0.29, 0.717) is 38.1 Å². The monoisotopic (exact) mass is 450 g/mol. The van der Waals surface area contributed by atoms with Crippen molar-refractivity contribution in [1.82, 2.24) is 10.2 Å². The molecule has 152 valence electrons. The number of carbonyl (C=O) groups excluding carboxylic acids is 1. The molecule has 0 spiro atoms. The van der Waals surface area contributed by atoms with Gasteiger partial charge in [-0.15, -0.1) is 0 Å². The number of hydrogen-bond donors (Lipinski definition) is 1. The number of hydrogen-bond acceptors (Lipinski definition) is 4. The summed E-state index contributed by atoms with van der Waals surface area (Å²) >= 11 is 17.3. The fourth-order valence-corrected chi connectivity index (χ4v) is 4.26. The summed E-state index contributed by atoms with van der Waals surface area (Å²) in [5, 5.41) is 4.40. The molecular weight excluding hydrogens is 431 g/mol. The second-order valence-electron chi connectivity index (χ2n) is 7.12. The van der Waals surface area contributed by atoms with Gasteiger partial charge in [0, 0.05) is 18.2 Å². The summed E-state index contributed by atoms with van der Waals surface area (Å²) in [7, 11) is 0. The Kier molecular flexibility index (Phi) is 6.13. The zero-order valence-electron chi connectivity index (χ0n) is 15.6. The summed E-state index contributed by atoms with van der Waals surface area (Å²) in [5.74, 6) is 1.69. The Balaban J connectivity index is 1.41. The number of nitrogens with zero attached hydrogens (tertiary/aromatic N) is 1. The fourth-order valence-electron chi connectivity index (χ4n) is 3.63. The maximum atomic E-state index is 12.8. The van der Waals surface area contributed by atoms with Crippen LogP contribution in [0.4, 0.5) is 0 Å². The molecule has 2 fully saturated rings. The molecule has 0 bridgehead atoms. The van der Waals surface area contributed by atoms with E-state index >= 15 is 0 Å². The summed E-state index contributed by atoms with van der Waals surface area (Å²) in [6.07, 6.45) is 7.17. The van der Waals surface area contributed by atoms with Crippen molar-refractivity contribution in [3.8, 4) is 5.75 Å². The zero-order chi connectivity index (χ0) is 20.4. The highest BCUT2D eigenvalue weighted by Crippen LogP contribution is 2.28. The van der Waals surface area contributed by atoms with Gasteiger partial charge in [-0.05, 0) is 49.3 Å². The molecule has 0 radical (unpaired) electrons. The highest BCUT2D eigenvalue weighted by atomic mass is 35.5. The number of furan rings is 1. The summed E-state index contributed by atoms with van der Waals surface area (Å²) < 4.78 is 11.4. The number of nitrogens with one attached hydrogen (secondary N) is 1. The molecule has 1 saturated heterocycles. The number of ether oxygens (including phenoxy) is 1. The van der Waals surface area contributed by atoms with E-state index in [2.05, 4.69) is 5.32 Å². The molecule has 1 aliphatic carbocycles. The summed E-state index contributed by atoms with van der Waals surface area (Å²) in [6, 6.07) is 8.85. The maximum absolute atomic E-state index is 12.8. The van der Waals surface area contributed by atoms with Crippen LogP contribution in [0.15, 0.2) is 40.4 Å². The second-order valence-corrected chi connectivity index (χ2v) is 8.32. The summed E-state index contributed by atoms with van der Waals surface area (Å²) in [5.41, 5.74) is 0.437. The number of carbonyl (C=O) groups is 1. The molecule has 8 heteroatoms. The van der Waals surface area contributed by atoms with Crippen LogP contribution in [0.25, 0.3) is 6.08 Å². The SMILES string of the molecule is O=C1/C(=C\c2ccc(COc3ccc(Cl)c(Cl)c3)o2)NC(=S)N1C1CCCCC1. The molecule has 29 heavy (non-hydrogen) atoms. The lowest BCUT2D eigenvalue weighted by Crippen LogP contribution is -2.41. The molecule has 1 aromatic carbocycles. The van der Waals surface area contributed by atoms with Gasteiger partial charge in [0.2, 0.25) is 0 Å². The largest absolute Gasteiger partial charge is 0.486 e. The van der Waals surface area contributed by atoms with Crippen molar-refractivity contribution >= 4 is 52.5 Å². The standard InChI is InChI=1S/C21H20Cl2N2O3S/c22-17-9-8-14(10-18(17)23)27-12-16-7-6-15(28-16)11-19-20(26)25(21(29)24-19)13-4-2-1-3-5-13/h6-11,13H,1-5,12H2,(H,24,29)/b19-11+. The predicted molar refractivity (Wildman–Crippen MR) is 117 cm³/mol. The maximum Gasteiger partial charge on any atom is 0.276 e. The van der Waals surface area contributed by atoms with Crippen molar-refractivity contribution < 1.29 is 13.9 Å². The lowest BCUT2D eigenvalue weighted by molar-refractivity contribution is -0.124. The average molecular weight is 451 g/mol. The third-order valence-electron chi connectivity index (χ3n) is 5.09. The number of halogens is 2. The van der Waals surface area contributed by atoms with E-state index < -0.39 is 0 Å². The Morgan fingerprint density at radius 2 is 1.97 bits per heavy atom. The van der Waals surface area contributed by atoms with Crippen molar-refractivity contribution in [2.75, 3.05) is 0 Å². The minimum absolute atomic E-state index is 0.0908. The minimum atomic E-state index is -0.0908. The van der Waals surface area contributed by atoms with Gasteiger partial charge in [0.05, 0.1) is 10.0 Å². The number of benzene rings is 1. The Labute approximate surface area is 184 Å². The lowest BCUT2D eigenvalue weighted by atomic mass is 9.94. The molecule has 1 N–H and O–H groups in total. The van der Waals surface area contributed by atoms with Gasteiger partial charge in [0.15, 0.2) is 5.11 Å². The van der Waals surface area contributed by atoms with Gasteiger partial charge in [0.25, 0.3) is 5.91 Å². The van der Waals surface area contributed by atoms with E-state index in [0.717, 1.165) is 25.7 Å². The number of rotatable bonds is 5. The van der Waals surface area contributed by atoms with Crippen molar-refractivity contribution in [1.29, 1.82) is 0 Å². The van der Waals surface area contributed by atoms with Crippen LogP contribution in [-0.2, 0) is 11.4 Å². The first-order chi connectivity index (χ1) is 14.0. The Morgan fingerprint density at radius 1 is 1.17 bits per heavy atom. The Hall–Kier alpha value is -2.02. The second kappa shape index (κ2) is 8.78. The van der Waals surface area contributed by atoms with Gasteiger partial charge in [-0.1, -0.05) is 42.5 Å². The predicted octanol–water partition coefficient (Wildman–Crippen LogP) is 5.56. The Bertz CT molecular complexity index is 967. The van der Waals surface area contributed by atoms with E-state index in [1.807, 2.05) is 0 Å². The zero-order valence-corrected chi connectivity index (χ0v) is 17.9. The first kappa shape index (κ1) is 20.3.